The summed E-state index contributed by atoms with van der Waals surface area (Å²) in [5.41, 5.74) is 1.96. The van der Waals surface area contributed by atoms with E-state index in [9.17, 15) is 9.59 Å². The van der Waals surface area contributed by atoms with Crippen molar-refractivity contribution in [3.8, 4) is 0 Å². The zero-order valence-electron chi connectivity index (χ0n) is 10.7. The maximum atomic E-state index is 11.8. The van der Waals surface area contributed by atoms with Crippen LogP contribution in [0.4, 0.5) is 0 Å². The second-order valence-corrected chi connectivity index (χ2v) is 5.15. The van der Waals surface area contributed by atoms with E-state index in [1.165, 1.54) is 11.1 Å². The fourth-order valence-corrected chi connectivity index (χ4v) is 2.86. The monoisotopic (exact) mass is 264 g/mol. The number of hydrogen-bond acceptors (Lipinski definition) is 2. The van der Waals surface area contributed by atoms with Gasteiger partial charge in [-0.25, -0.2) is 0 Å². The number of aryl methyl sites for hydroxylation is 1. The van der Waals surface area contributed by atoms with Gasteiger partial charge in [-0.2, -0.15) is 0 Å². The highest BCUT2D eigenvalue weighted by Gasteiger charge is 2.09. The molecule has 20 heavy (non-hydrogen) atoms. The molecule has 1 heterocycles. The van der Waals surface area contributed by atoms with Crippen LogP contribution in [0.5, 0.6) is 0 Å². The van der Waals surface area contributed by atoms with E-state index in [2.05, 4.69) is 34.5 Å². The van der Waals surface area contributed by atoms with E-state index in [4.69, 9.17) is 0 Å². The van der Waals surface area contributed by atoms with Gasteiger partial charge in [0.05, 0.1) is 10.8 Å². The third-order valence-corrected chi connectivity index (χ3v) is 3.89. The molecular formula is C16H12N2O2. The maximum Gasteiger partial charge on any atom is 0.270 e. The number of aromatic amines is 2. The fraction of sp³-hybridized carbons (Fsp3) is 0.125. The van der Waals surface area contributed by atoms with Gasteiger partial charge in [0.1, 0.15) is 0 Å². The topological polar surface area (TPSA) is 65.7 Å². The van der Waals surface area contributed by atoms with Crippen molar-refractivity contribution in [2.24, 2.45) is 0 Å². The summed E-state index contributed by atoms with van der Waals surface area (Å²) in [5.74, 6) is 0. The third kappa shape index (κ3) is 1.54. The molecule has 0 saturated heterocycles. The zero-order valence-corrected chi connectivity index (χ0v) is 10.7. The lowest BCUT2D eigenvalue weighted by Gasteiger charge is -2.12. The van der Waals surface area contributed by atoms with Crippen LogP contribution >= 0.6 is 0 Å². The van der Waals surface area contributed by atoms with Crippen LogP contribution in [-0.4, -0.2) is 10.2 Å². The molecular weight excluding hydrogens is 252 g/mol. The van der Waals surface area contributed by atoms with Crippen molar-refractivity contribution in [2.45, 2.75) is 12.8 Å². The predicted octanol–water partition coefficient (Wildman–Crippen LogP) is 2.33. The minimum Gasteiger partial charge on any atom is -0.267 e. The molecule has 0 radical (unpaired) electrons. The zero-order chi connectivity index (χ0) is 13.7. The van der Waals surface area contributed by atoms with E-state index < -0.39 is 0 Å². The summed E-state index contributed by atoms with van der Waals surface area (Å²) in [4.78, 5) is 23.7. The first kappa shape index (κ1) is 11.2. The van der Waals surface area contributed by atoms with Crippen molar-refractivity contribution in [2.75, 3.05) is 0 Å². The van der Waals surface area contributed by atoms with Gasteiger partial charge < -0.3 is 0 Å². The van der Waals surface area contributed by atoms with Gasteiger partial charge in [-0.3, -0.25) is 19.8 Å². The number of H-pyrrole nitrogens is 2. The molecule has 0 unspecified atom stereocenters. The van der Waals surface area contributed by atoms with Gasteiger partial charge >= 0.3 is 0 Å². The molecule has 0 amide bonds. The highest BCUT2D eigenvalue weighted by molar-refractivity contribution is 5.98. The molecule has 4 rings (SSSR count). The molecule has 1 aliphatic rings. The first-order valence-electron chi connectivity index (χ1n) is 6.60. The Hall–Kier alpha value is -2.62. The quantitative estimate of drug-likeness (QED) is 0.612. The molecule has 0 aliphatic heterocycles. The molecule has 1 aliphatic carbocycles. The van der Waals surface area contributed by atoms with Crippen LogP contribution in [-0.2, 0) is 6.42 Å². The molecule has 1 aromatic heterocycles. The van der Waals surface area contributed by atoms with Crippen LogP contribution in [0.2, 0.25) is 0 Å². The predicted molar refractivity (Wildman–Crippen MR) is 80.1 cm³/mol. The molecule has 4 heteroatoms. The van der Waals surface area contributed by atoms with E-state index in [1.807, 2.05) is 0 Å². The molecule has 0 saturated carbocycles. The Labute approximate surface area is 113 Å². The molecule has 98 valence electrons. The van der Waals surface area contributed by atoms with Crippen LogP contribution in [0.1, 0.15) is 17.5 Å². The van der Waals surface area contributed by atoms with Crippen molar-refractivity contribution >= 4 is 27.6 Å². The summed E-state index contributed by atoms with van der Waals surface area (Å²) in [6, 6.07) is 7.80. The maximum absolute atomic E-state index is 11.8. The summed E-state index contributed by atoms with van der Waals surface area (Å²) in [7, 11) is 0. The van der Waals surface area contributed by atoms with Gasteiger partial charge in [-0.15, -0.1) is 0 Å². The van der Waals surface area contributed by atoms with E-state index in [0.717, 1.165) is 23.6 Å². The van der Waals surface area contributed by atoms with Crippen molar-refractivity contribution in [1.82, 2.24) is 10.2 Å². The molecule has 3 aromatic rings. The number of hydrogen-bond donors (Lipinski definition) is 2. The molecule has 4 nitrogen and oxygen atoms in total. The van der Waals surface area contributed by atoms with Crippen LogP contribution in [0, 0.1) is 0 Å². The molecule has 0 atom stereocenters. The Kier molecular flexibility index (Phi) is 2.21. The first-order chi connectivity index (χ1) is 9.72. The average molecular weight is 264 g/mol. The third-order valence-electron chi connectivity index (χ3n) is 3.89. The Balaban J connectivity index is 2.18. The van der Waals surface area contributed by atoms with Gasteiger partial charge in [-0.05, 0) is 52.9 Å². The Morgan fingerprint density at radius 3 is 2.20 bits per heavy atom. The van der Waals surface area contributed by atoms with Crippen molar-refractivity contribution < 1.29 is 0 Å². The van der Waals surface area contributed by atoms with E-state index in [0.29, 0.717) is 10.8 Å². The number of rotatable bonds is 0. The molecule has 0 fully saturated rings. The summed E-state index contributed by atoms with van der Waals surface area (Å²) in [6.07, 6.45) is 6.34. The Morgan fingerprint density at radius 1 is 0.850 bits per heavy atom. The van der Waals surface area contributed by atoms with E-state index in [-0.39, 0.29) is 11.1 Å². The van der Waals surface area contributed by atoms with Gasteiger partial charge in [0, 0.05) is 0 Å². The second kappa shape index (κ2) is 3.93. The van der Waals surface area contributed by atoms with Gasteiger partial charge in [-0.1, -0.05) is 18.2 Å². The van der Waals surface area contributed by atoms with Gasteiger partial charge in [0.2, 0.25) is 0 Å². The normalized spacial score (nSPS) is 13.8. The van der Waals surface area contributed by atoms with Gasteiger partial charge in [0.15, 0.2) is 0 Å². The largest absolute Gasteiger partial charge is 0.270 e. The average Bonchev–Trinajstić information content (AvgIpc) is 2.47. The van der Waals surface area contributed by atoms with Crippen molar-refractivity contribution in [3.63, 3.8) is 0 Å². The highest BCUT2D eigenvalue weighted by atomic mass is 16.1. The molecule has 0 spiro atoms. The Bertz CT molecular complexity index is 993. The van der Waals surface area contributed by atoms with Crippen LogP contribution in [0.25, 0.3) is 27.6 Å². The minimum atomic E-state index is -0.269. The second-order valence-electron chi connectivity index (χ2n) is 5.15. The molecule has 2 aromatic carbocycles. The van der Waals surface area contributed by atoms with Gasteiger partial charge in [0.25, 0.3) is 11.1 Å². The summed E-state index contributed by atoms with van der Waals surface area (Å²) in [5, 5.41) is 7.58. The minimum absolute atomic E-state index is 0.265. The lowest BCUT2D eigenvalue weighted by molar-refractivity contribution is 0.977. The number of nitrogens with one attached hydrogen (secondary N) is 2. The number of benzene rings is 2. The number of fused-ring (bicyclic) bond motifs is 3. The van der Waals surface area contributed by atoms with E-state index >= 15 is 0 Å². The molecule has 2 N–H and O–H groups in total. The van der Waals surface area contributed by atoms with Crippen LogP contribution in [0.15, 0.2) is 39.9 Å². The van der Waals surface area contributed by atoms with Crippen LogP contribution < -0.4 is 11.1 Å². The summed E-state index contributed by atoms with van der Waals surface area (Å²) in [6.45, 7) is 0. The van der Waals surface area contributed by atoms with Crippen LogP contribution in [0.3, 0.4) is 0 Å². The standard InChI is InChI=1S/C16H12N2O2/c19-15-13-7-11-5-9-3-1-2-4-10(9)6-12(11)8-14(13)16(20)18-17-15/h1,3,5-8H,2,4H2,(H,17,19)(H,18,20). The number of allylic oxidation sites excluding steroid dienone is 1. The van der Waals surface area contributed by atoms with Crippen molar-refractivity contribution in [1.29, 1.82) is 0 Å². The highest BCUT2D eigenvalue weighted by Crippen LogP contribution is 2.27. The lowest BCUT2D eigenvalue weighted by Crippen LogP contribution is -2.18. The lowest BCUT2D eigenvalue weighted by atomic mass is 9.93. The molecule has 0 bridgehead atoms. The smallest absolute Gasteiger partial charge is 0.267 e. The van der Waals surface area contributed by atoms with E-state index in [1.54, 1.807) is 12.1 Å². The summed E-state index contributed by atoms with van der Waals surface area (Å²) >= 11 is 0. The SMILES string of the molecule is O=c1[nH][nH]c(=O)c2cc3cc4c(cc3cc12)C=CCC4. The fourth-order valence-electron chi connectivity index (χ4n) is 2.86. The van der Waals surface area contributed by atoms with Crippen molar-refractivity contribution in [3.05, 3.63) is 62.2 Å². The summed E-state index contributed by atoms with van der Waals surface area (Å²) < 4.78 is 0. The Morgan fingerprint density at radius 2 is 1.50 bits per heavy atom. The number of aromatic nitrogens is 2. The first-order valence-corrected chi connectivity index (χ1v) is 6.60.